The fourth-order valence-electron chi connectivity index (χ4n) is 2.38. The Hall–Kier alpha value is -1.22. The van der Waals surface area contributed by atoms with Crippen LogP contribution in [0, 0.1) is 0 Å². The average Bonchev–Trinajstić information content (AvgIpc) is 2.33. The lowest BCUT2D eigenvalue weighted by atomic mass is 9.97. The van der Waals surface area contributed by atoms with Crippen molar-refractivity contribution in [2.45, 2.75) is 31.8 Å². The van der Waals surface area contributed by atoms with Gasteiger partial charge in [0.15, 0.2) is 0 Å². The normalized spacial score (nSPS) is 25.6. The van der Waals surface area contributed by atoms with Crippen molar-refractivity contribution in [3.63, 3.8) is 0 Å². The molecule has 1 heterocycles. The number of rotatable bonds is 2. The third kappa shape index (κ3) is 2.00. The molecule has 3 heteroatoms. The highest BCUT2D eigenvalue weighted by molar-refractivity contribution is 5.59. The molecule has 1 aromatic rings. The van der Waals surface area contributed by atoms with Crippen molar-refractivity contribution in [3.8, 4) is 5.75 Å². The van der Waals surface area contributed by atoms with Gasteiger partial charge in [-0.1, -0.05) is 12.1 Å². The highest BCUT2D eigenvalue weighted by Crippen LogP contribution is 2.32. The second-order valence-electron chi connectivity index (χ2n) is 4.41. The molecule has 88 valence electrons. The molecule has 16 heavy (non-hydrogen) atoms. The van der Waals surface area contributed by atoms with E-state index in [-0.39, 0.29) is 6.04 Å². The number of hydrogen-bond acceptors (Lipinski definition) is 3. The molecule has 1 aliphatic rings. The van der Waals surface area contributed by atoms with Gasteiger partial charge in [-0.15, -0.1) is 0 Å². The van der Waals surface area contributed by atoms with E-state index in [2.05, 4.69) is 17.9 Å². The summed E-state index contributed by atoms with van der Waals surface area (Å²) in [5.74, 6) is 0.934. The zero-order chi connectivity index (χ0) is 11.5. The first-order chi connectivity index (χ1) is 7.74. The number of nitrogens with two attached hydrogens (primary N) is 1. The van der Waals surface area contributed by atoms with E-state index in [0.29, 0.717) is 6.04 Å². The number of piperidine rings is 1. The van der Waals surface area contributed by atoms with Gasteiger partial charge in [-0.2, -0.15) is 0 Å². The zero-order valence-electron chi connectivity index (χ0n) is 10.0. The minimum Gasteiger partial charge on any atom is -0.495 e. The Morgan fingerprint density at radius 3 is 2.88 bits per heavy atom. The van der Waals surface area contributed by atoms with E-state index in [1.807, 2.05) is 18.2 Å². The van der Waals surface area contributed by atoms with E-state index in [4.69, 9.17) is 10.5 Å². The maximum Gasteiger partial charge on any atom is 0.142 e. The summed E-state index contributed by atoms with van der Waals surface area (Å²) < 4.78 is 5.40. The van der Waals surface area contributed by atoms with Crippen LogP contribution >= 0.6 is 0 Å². The van der Waals surface area contributed by atoms with Gasteiger partial charge in [0, 0.05) is 18.6 Å². The van der Waals surface area contributed by atoms with Crippen molar-refractivity contribution >= 4 is 5.69 Å². The lowest BCUT2D eigenvalue weighted by Gasteiger charge is -2.39. The van der Waals surface area contributed by atoms with Crippen LogP contribution in [0.5, 0.6) is 5.75 Å². The van der Waals surface area contributed by atoms with Crippen LogP contribution in [0.4, 0.5) is 5.69 Å². The molecular formula is C13H20N2O. The molecule has 1 fully saturated rings. The number of hydrogen-bond donors (Lipinski definition) is 1. The van der Waals surface area contributed by atoms with Gasteiger partial charge in [-0.25, -0.2) is 0 Å². The van der Waals surface area contributed by atoms with Gasteiger partial charge in [0.1, 0.15) is 5.75 Å². The highest BCUT2D eigenvalue weighted by atomic mass is 16.5. The van der Waals surface area contributed by atoms with Gasteiger partial charge in [0.25, 0.3) is 0 Å². The highest BCUT2D eigenvalue weighted by Gasteiger charge is 2.26. The predicted octanol–water partition coefficient (Wildman–Crippen LogP) is 2.01. The van der Waals surface area contributed by atoms with Gasteiger partial charge < -0.3 is 15.4 Å². The van der Waals surface area contributed by atoms with Crippen molar-refractivity contribution in [1.29, 1.82) is 0 Å². The van der Waals surface area contributed by atoms with Gasteiger partial charge in [0.05, 0.1) is 12.8 Å². The van der Waals surface area contributed by atoms with Crippen molar-refractivity contribution in [2.24, 2.45) is 5.73 Å². The molecule has 0 bridgehead atoms. The van der Waals surface area contributed by atoms with Gasteiger partial charge >= 0.3 is 0 Å². The summed E-state index contributed by atoms with van der Waals surface area (Å²) in [6, 6.07) is 8.79. The molecule has 2 atom stereocenters. The molecule has 1 aromatic carbocycles. The Kier molecular flexibility index (Phi) is 3.34. The van der Waals surface area contributed by atoms with Crippen molar-refractivity contribution < 1.29 is 4.74 Å². The first kappa shape index (κ1) is 11.3. The predicted molar refractivity (Wildman–Crippen MR) is 67.0 cm³/mol. The summed E-state index contributed by atoms with van der Waals surface area (Å²) >= 11 is 0. The number of benzene rings is 1. The smallest absolute Gasteiger partial charge is 0.142 e. The van der Waals surface area contributed by atoms with Crippen LogP contribution in [-0.2, 0) is 0 Å². The van der Waals surface area contributed by atoms with Crippen LogP contribution in [0.25, 0.3) is 0 Å². The van der Waals surface area contributed by atoms with E-state index < -0.39 is 0 Å². The lowest BCUT2D eigenvalue weighted by molar-refractivity contribution is 0.394. The summed E-state index contributed by atoms with van der Waals surface area (Å²) in [4.78, 5) is 2.35. The molecule has 0 aromatic heterocycles. The number of ether oxygens (including phenoxy) is 1. The van der Waals surface area contributed by atoms with Gasteiger partial charge in [0.2, 0.25) is 0 Å². The fraction of sp³-hybridized carbons (Fsp3) is 0.538. The van der Waals surface area contributed by atoms with E-state index in [1.54, 1.807) is 7.11 Å². The van der Waals surface area contributed by atoms with Crippen LogP contribution < -0.4 is 15.4 Å². The maximum atomic E-state index is 6.12. The molecule has 2 N–H and O–H groups in total. The molecule has 0 saturated carbocycles. The Bertz CT molecular complexity index is 354. The summed E-state index contributed by atoms with van der Waals surface area (Å²) in [7, 11) is 1.72. The maximum absolute atomic E-state index is 6.12. The van der Waals surface area contributed by atoms with Crippen molar-refractivity contribution in [1.82, 2.24) is 0 Å². The quantitative estimate of drug-likeness (QED) is 0.828. The van der Waals surface area contributed by atoms with Gasteiger partial charge in [-0.3, -0.25) is 0 Å². The van der Waals surface area contributed by atoms with Crippen LogP contribution in [0.15, 0.2) is 24.3 Å². The lowest BCUT2D eigenvalue weighted by Crippen LogP contribution is -2.50. The Morgan fingerprint density at radius 1 is 1.38 bits per heavy atom. The first-order valence-electron chi connectivity index (χ1n) is 5.89. The zero-order valence-corrected chi connectivity index (χ0v) is 10.0. The summed E-state index contributed by atoms with van der Waals surface area (Å²) in [6.07, 6.45) is 2.27. The molecule has 2 unspecified atom stereocenters. The first-order valence-corrected chi connectivity index (χ1v) is 5.89. The summed E-state index contributed by atoms with van der Waals surface area (Å²) in [5, 5.41) is 0. The monoisotopic (exact) mass is 220 g/mol. The molecule has 1 aliphatic heterocycles. The van der Waals surface area contributed by atoms with Crippen LogP contribution in [-0.4, -0.2) is 25.7 Å². The Labute approximate surface area is 97.2 Å². The standard InChI is InChI=1S/C13H20N2O/c1-10-11(14)6-5-9-15(10)12-7-3-4-8-13(12)16-2/h3-4,7-8,10-11H,5-6,9,14H2,1-2H3. The number of methoxy groups -OCH3 is 1. The van der Waals surface area contributed by atoms with Crippen LogP contribution in [0.2, 0.25) is 0 Å². The molecule has 1 saturated heterocycles. The molecule has 0 radical (unpaired) electrons. The van der Waals surface area contributed by atoms with Crippen molar-refractivity contribution in [3.05, 3.63) is 24.3 Å². The topological polar surface area (TPSA) is 38.5 Å². The molecule has 0 amide bonds. The van der Waals surface area contributed by atoms with E-state index in [1.165, 1.54) is 0 Å². The van der Waals surface area contributed by atoms with E-state index >= 15 is 0 Å². The SMILES string of the molecule is COc1ccccc1N1CCCC(N)C1C. The third-order valence-corrected chi connectivity index (χ3v) is 3.44. The minimum absolute atomic E-state index is 0.263. The second kappa shape index (κ2) is 4.74. The van der Waals surface area contributed by atoms with Crippen LogP contribution in [0.3, 0.4) is 0 Å². The molecule has 0 spiro atoms. The molecular weight excluding hydrogens is 200 g/mol. The van der Waals surface area contributed by atoms with Gasteiger partial charge in [-0.05, 0) is 31.9 Å². The molecule has 3 nitrogen and oxygen atoms in total. The Balaban J connectivity index is 2.28. The largest absolute Gasteiger partial charge is 0.495 e. The van der Waals surface area contributed by atoms with Crippen molar-refractivity contribution in [2.75, 3.05) is 18.6 Å². The minimum atomic E-state index is 0.263. The number of anilines is 1. The fourth-order valence-corrected chi connectivity index (χ4v) is 2.38. The summed E-state index contributed by atoms with van der Waals surface area (Å²) in [5.41, 5.74) is 7.27. The third-order valence-electron chi connectivity index (χ3n) is 3.44. The average molecular weight is 220 g/mol. The van der Waals surface area contributed by atoms with E-state index in [9.17, 15) is 0 Å². The Morgan fingerprint density at radius 2 is 2.12 bits per heavy atom. The molecule has 0 aliphatic carbocycles. The van der Waals surface area contributed by atoms with E-state index in [0.717, 1.165) is 30.8 Å². The number of para-hydroxylation sites is 2. The van der Waals surface area contributed by atoms with Crippen LogP contribution in [0.1, 0.15) is 19.8 Å². The number of nitrogens with zero attached hydrogens (tertiary/aromatic N) is 1. The molecule has 2 rings (SSSR count). The summed E-state index contributed by atoms with van der Waals surface area (Å²) in [6.45, 7) is 3.26. The second-order valence-corrected chi connectivity index (χ2v) is 4.41.